The molecular formula is C26H33N7O3. The second-order valence-electron chi connectivity index (χ2n) is 8.88. The molecule has 0 unspecified atom stereocenters. The van der Waals surface area contributed by atoms with E-state index < -0.39 is 0 Å². The molecule has 0 saturated carbocycles. The minimum absolute atomic E-state index is 0.0470. The number of nitrogens with one attached hydrogen (secondary N) is 1. The number of rotatable bonds is 9. The summed E-state index contributed by atoms with van der Waals surface area (Å²) in [5.41, 5.74) is 3.95. The highest BCUT2D eigenvalue weighted by molar-refractivity contribution is 5.84. The standard InChI is InChI=1S/C26H33N7O3/c1-3-4-13-33(26(35)31(2)19-24(34)32-14-16-36-17-15-32)18-20-9-11-21(12-10-20)22-7-5-6-8-23(22)25-27-29-30-28-25/h5-12H,3-4,13-19H2,1-2H3,(H,27,28,29,30). The zero-order chi connectivity index (χ0) is 25.3. The molecule has 3 aromatic rings. The number of tetrazole rings is 1. The molecule has 0 radical (unpaired) electrons. The third-order valence-corrected chi connectivity index (χ3v) is 6.27. The number of H-pyrrole nitrogens is 1. The van der Waals surface area contributed by atoms with Crippen LogP contribution in [0.2, 0.25) is 0 Å². The molecule has 3 amide bonds. The molecule has 1 aromatic heterocycles. The van der Waals surface area contributed by atoms with Gasteiger partial charge in [-0.3, -0.25) is 4.79 Å². The van der Waals surface area contributed by atoms with Crippen LogP contribution in [0.4, 0.5) is 4.79 Å². The fourth-order valence-corrected chi connectivity index (χ4v) is 4.23. The van der Waals surface area contributed by atoms with Crippen molar-refractivity contribution in [3.05, 3.63) is 54.1 Å². The van der Waals surface area contributed by atoms with Gasteiger partial charge in [0.2, 0.25) is 11.7 Å². The van der Waals surface area contributed by atoms with Crippen LogP contribution in [0.1, 0.15) is 25.3 Å². The van der Waals surface area contributed by atoms with Gasteiger partial charge < -0.3 is 19.4 Å². The van der Waals surface area contributed by atoms with Gasteiger partial charge in [-0.1, -0.05) is 61.9 Å². The number of urea groups is 1. The number of carbonyl (C=O) groups is 2. The maximum atomic E-state index is 13.3. The molecule has 1 fully saturated rings. The molecule has 4 rings (SSSR count). The van der Waals surface area contributed by atoms with E-state index in [1.165, 1.54) is 4.90 Å². The number of unbranched alkanes of at least 4 members (excludes halogenated alkanes) is 1. The van der Waals surface area contributed by atoms with E-state index in [-0.39, 0.29) is 18.5 Å². The minimum atomic E-state index is -0.142. The Balaban J connectivity index is 1.44. The van der Waals surface area contributed by atoms with Crippen LogP contribution >= 0.6 is 0 Å². The van der Waals surface area contributed by atoms with Gasteiger partial charge in [0.25, 0.3) is 0 Å². The van der Waals surface area contributed by atoms with Gasteiger partial charge in [-0.25, -0.2) is 4.79 Å². The van der Waals surface area contributed by atoms with Gasteiger partial charge in [-0.2, -0.15) is 5.21 Å². The second-order valence-corrected chi connectivity index (χ2v) is 8.88. The molecule has 2 aromatic carbocycles. The lowest BCUT2D eigenvalue weighted by atomic mass is 9.98. The molecule has 1 N–H and O–H groups in total. The fourth-order valence-electron chi connectivity index (χ4n) is 4.23. The minimum Gasteiger partial charge on any atom is -0.378 e. The number of aromatic amines is 1. The van der Waals surface area contributed by atoms with E-state index in [0.29, 0.717) is 45.2 Å². The van der Waals surface area contributed by atoms with Gasteiger partial charge in [0.05, 0.1) is 13.2 Å². The average Bonchev–Trinajstić information content (AvgIpc) is 3.46. The summed E-state index contributed by atoms with van der Waals surface area (Å²) in [4.78, 5) is 31.0. The third-order valence-electron chi connectivity index (χ3n) is 6.27. The summed E-state index contributed by atoms with van der Waals surface area (Å²) in [6.07, 6.45) is 1.87. The molecular weight excluding hydrogens is 458 g/mol. The zero-order valence-corrected chi connectivity index (χ0v) is 20.9. The van der Waals surface area contributed by atoms with E-state index in [0.717, 1.165) is 35.1 Å². The quantitative estimate of drug-likeness (QED) is 0.493. The van der Waals surface area contributed by atoms with Crippen molar-refractivity contribution >= 4 is 11.9 Å². The second kappa shape index (κ2) is 12.3. The van der Waals surface area contributed by atoms with Crippen LogP contribution in [0.25, 0.3) is 22.5 Å². The summed E-state index contributed by atoms with van der Waals surface area (Å²) in [5.74, 6) is 0.495. The van der Waals surface area contributed by atoms with Crippen molar-refractivity contribution in [1.82, 2.24) is 35.3 Å². The normalized spacial score (nSPS) is 13.4. The summed E-state index contributed by atoms with van der Waals surface area (Å²) in [6.45, 7) is 5.50. The van der Waals surface area contributed by atoms with Crippen molar-refractivity contribution in [1.29, 1.82) is 0 Å². The molecule has 10 nitrogen and oxygen atoms in total. The van der Waals surface area contributed by atoms with Crippen molar-refractivity contribution in [2.45, 2.75) is 26.3 Å². The Bertz CT molecular complexity index is 1130. The van der Waals surface area contributed by atoms with E-state index in [1.54, 1.807) is 11.9 Å². The number of nitrogens with zero attached hydrogens (tertiary/aromatic N) is 6. The molecule has 1 aliphatic heterocycles. The van der Waals surface area contributed by atoms with Crippen molar-refractivity contribution in [3.8, 4) is 22.5 Å². The Hall–Kier alpha value is -3.79. The first-order chi connectivity index (χ1) is 17.6. The van der Waals surface area contributed by atoms with Crippen LogP contribution in [0, 0.1) is 0 Å². The fraction of sp³-hybridized carbons (Fsp3) is 0.423. The molecule has 0 atom stereocenters. The largest absolute Gasteiger partial charge is 0.378 e. The van der Waals surface area contributed by atoms with Crippen LogP contribution in [0.3, 0.4) is 0 Å². The van der Waals surface area contributed by atoms with Gasteiger partial charge in [-0.15, -0.1) is 10.2 Å². The average molecular weight is 492 g/mol. The number of likely N-dealkylation sites (N-methyl/N-ethyl adjacent to an activating group) is 1. The highest BCUT2D eigenvalue weighted by atomic mass is 16.5. The molecule has 1 aliphatic rings. The maximum absolute atomic E-state index is 13.3. The molecule has 10 heteroatoms. The smallest absolute Gasteiger partial charge is 0.320 e. The number of hydrogen-bond donors (Lipinski definition) is 1. The number of morpholine rings is 1. The van der Waals surface area contributed by atoms with Crippen molar-refractivity contribution in [3.63, 3.8) is 0 Å². The van der Waals surface area contributed by atoms with E-state index in [4.69, 9.17) is 4.74 Å². The zero-order valence-electron chi connectivity index (χ0n) is 20.9. The van der Waals surface area contributed by atoms with E-state index in [2.05, 4.69) is 27.5 Å². The topological polar surface area (TPSA) is 108 Å². The first-order valence-corrected chi connectivity index (χ1v) is 12.3. The van der Waals surface area contributed by atoms with Gasteiger partial charge in [0.15, 0.2) is 0 Å². The van der Waals surface area contributed by atoms with Crippen molar-refractivity contribution < 1.29 is 14.3 Å². The van der Waals surface area contributed by atoms with Crippen LogP contribution in [0.15, 0.2) is 48.5 Å². The monoisotopic (exact) mass is 491 g/mol. The molecule has 36 heavy (non-hydrogen) atoms. The Labute approximate surface area is 211 Å². The Kier molecular flexibility index (Phi) is 8.62. The summed E-state index contributed by atoms with van der Waals surface area (Å²) in [6, 6.07) is 15.9. The molecule has 2 heterocycles. The summed E-state index contributed by atoms with van der Waals surface area (Å²) >= 11 is 0. The number of amides is 3. The number of hydrogen-bond acceptors (Lipinski definition) is 6. The predicted molar refractivity (Wildman–Crippen MR) is 136 cm³/mol. The number of carbonyl (C=O) groups excluding carboxylic acids is 2. The van der Waals surface area contributed by atoms with Crippen LogP contribution in [-0.2, 0) is 16.1 Å². The van der Waals surface area contributed by atoms with Crippen LogP contribution in [-0.4, -0.2) is 93.7 Å². The molecule has 0 spiro atoms. The van der Waals surface area contributed by atoms with E-state index >= 15 is 0 Å². The summed E-state index contributed by atoms with van der Waals surface area (Å²) in [7, 11) is 1.69. The lowest BCUT2D eigenvalue weighted by Crippen LogP contribution is -2.49. The molecule has 0 bridgehead atoms. The lowest BCUT2D eigenvalue weighted by Gasteiger charge is -2.31. The number of aromatic nitrogens is 4. The van der Waals surface area contributed by atoms with Gasteiger partial charge in [-0.05, 0) is 28.3 Å². The van der Waals surface area contributed by atoms with Gasteiger partial charge >= 0.3 is 6.03 Å². The Morgan fingerprint density at radius 3 is 2.44 bits per heavy atom. The first kappa shape index (κ1) is 25.3. The highest BCUT2D eigenvalue weighted by Gasteiger charge is 2.23. The maximum Gasteiger partial charge on any atom is 0.320 e. The Morgan fingerprint density at radius 2 is 1.78 bits per heavy atom. The van der Waals surface area contributed by atoms with Gasteiger partial charge in [0.1, 0.15) is 6.54 Å². The lowest BCUT2D eigenvalue weighted by molar-refractivity contribution is -0.135. The SMILES string of the molecule is CCCCN(Cc1ccc(-c2ccccc2-c2nn[nH]n2)cc1)C(=O)N(C)CC(=O)N1CCOCC1. The number of ether oxygens (including phenoxy) is 1. The van der Waals surface area contributed by atoms with Crippen LogP contribution < -0.4 is 0 Å². The Morgan fingerprint density at radius 1 is 1.06 bits per heavy atom. The predicted octanol–water partition coefficient (Wildman–Crippen LogP) is 3.05. The van der Waals surface area contributed by atoms with E-state index in [1.807, 2.05) is 53.4 Å². The highest BCUT2D eigenvalue weighted by Crippen LogP contribution is 2.29. The first-order valence-electron chi connectivity index (χ1n) is 12.3. The van der Waals surface area contributed by atoms with E-state index in [9.17, 15) is 9.59 Å². The molecule has 1 saturated heterocycles. The van der Waals surface area contributed by atoms with Crippen LogP contribution in [0.5, 0.6) is 0 Å². The third kappa shape index (κ3) is 6.25. The van der Waals surface area contributed by atoms with Gasteiger partial charge in [0, 0.05) is 38.8 Å². The summed E-state index contributed by atoms with van der Waals surface area (Å²) < 4.78 is 5.32. The summed E-state index contributed by atoms with van der Waals surface area (Å²) in [5, 5.41) is 14.4. The van der Waals surface area contributed by atoms with Crippen molar-refractivity contribution in [2.24, 2.45) is 0 Å². The number of benzene rings is 2. The van der Waals surface area contributed by atoms with Crippen molar-refractivity contribution in [2.75, 3.05) is 46.4 Å². The molecule has 190 valence electrons. The molecule has 0 aliphatic carbocycles.